The number of aromatic nitrogens is 3. The van der Waals surface area contributed by atoms with Crippen LogP contribution < -0.4 is 5.32 Å². The molecule has 31 heavy (non-hydrogen) atoms. The van der Waals surface area contributed by atoms with E-state index in [4.69, 9.17) is 11.6 Å². The van der Waals surface area contributed by atoms with Crippen LogP contribution in [0.2, 0.25) is 5.02 Å². The molecule has 3 aromatic rings. The number of carbonyl (C=O) groups excluding carboxylic acids is 2. The van der Waals surface area contributed by atoms with Gasteiger partial charge in [-0.25, -0.2) is 19.7 Å². The summed E-state index contributed by atoms with van der Waals surface area (Å²) < 4.78 is 0. The molecule has 3 heterocycles. The second-order valence-electron chi connectivity index (χ2n) is 7.18. The molecule has 0 unspecified atom stereocenters. The minimum absolute atomic E-state index is 0.0810. The third-order valence-corrected chi connectivity index (χ3v) is 6.57. The second-order valence-corrected chi connectivity index (χ2v) is 8.59. The number of nitrogens with one attached hydrogen (secondary N) is 1. The molecule has 8 nitrogen and oxygen atoms in total. The molecule has 0 atom stereocenters. The van der Waals surface area contributed by atoms with E-state index in [-0.39, 0.29) is 11.9 Å². The molecule has 1 saturated heterocycles. The fourth-order valence-electron chi connectivity index (χ4n) is 3.23. The minimum Gasteiger partial charge on any atom is -0.334 e. The lowest BCUT2D eigenvalue weighted by Crippen LogP contribution is -2.51. The highest BCUT2D eigenvalue weighted by atomic mass is 35.5. The number of benzene rings is 1. The number of aryl methyl sites for hydroxylation is 2. The van der Waals surface area contributed by atoms with Crippen molar-refractivity contribution in [2.45, 2.75) is 13.8 Å². The van der Waals surface area contributed by atoms with Gasteiger partial charge in [-0.3, -0.25) is 4.79 Å². The minimum atomic E-state index is -0.204. The predicted octanol–water partition coefficient (Wildman–Crippen LogP) is 3.86. The fourth-order valence-corrected chi connectivity index (χ4v) is 4.39. The van der Waals surface area contributed by atoms with Crippen LogP contribution in [0.15, 0.2) is 36.7 Å². The quantitative estimate of drug-likeness (QED) is 0.646. The van der Waals surface area contributed by atoms with Crippen molar-refractivity contribution in [3.8, 4) is 10.8 Å². The van der Waals surface area contributed by atoms with Crippen LogP contribution in [0.4, 0.5) is 10.5 Å². The third-order valence-electron chi connectivity index (χ3n) is 5.03. The van der Waals surface area contributed by atoms with Gasteiger partial charge in [0.15, 0.2) is 10.8 Å². The molecular formula is C21H21ClN6O2S. The summed E-state index contributed by atoms with van der Waals surface area (Å²) in [6.07, 6.45) is 3.30. The fraction of sp³-hybridized carbons (Fsp3) is 0.286. The van der Waals surface area contributed by atoms with Gasteiger partial charge in [0.1, 0.15) is 4.88 Å². The number of hydrogen-bond acceptors (Lipinski definition) is 6. The summed E-state index contributed by atoms with van der Waals surface area (Å²) in [5, 5.41) is 4.09. The lowest BCUT2D eigenvalue weighted by atomic mass is 10.2. The van der Waals surface area contributed by atoms with Crippen LogP contribution in [0.3, 0.4) is 0 Å². The molecule has 160 valence electrons. The van der Waals surface area contributed by atoms with Gasteiger partial charge in [-0.2, -0.15) is 0 Å². The van der Waals surface area contributed by atoms with Crippen LogP contribution in [-0.2, 0) is 0 Å². The highest BCUT2D eigenvalue weighted by Crippen LogP contribution is 2.27. The van der Waals surface area contributed by atoms with Crippen LogP contribution in [0.5, 0.6) is 0 Å². The van der Waals surface area contributed by atoms with Gasteiger partial charge >= 0.3 is 6.03 Å². The zero-order valence-corrected chi connectivity index (χ0v) is 18.7. The molecule has 0 bridgehead atoms. The van der Waals surface area contributed by atoms with Gasteiger partial charge in [-0.15, -0.1) is 11.3 Å². The van der Waals surface area contributed by atoms with Gasteiger partial charge < -0.3 is 15.1 Å². The van der Waals surface area contributed by atoms with E-state index in [0.717, 1.165) is 5.56 Å². The summed E-state index contributed by atoms with van der Waals surface area (Å²) in [5.41, 5.74) is 2.26. The van der Waals surface area contributed by atoms with Crippen molar-refractivity contribution in [3.63, 3.8) is 0 Å². The van der Waals surface area contributed by atoms with E-state index in [1.165, 1.54) is 11.3 Å². The molecule has 0 aliphatic carbocycles. The predicted molar refractivity (Wildman–Crippen MR) is 121 cm³/mol. The molecule has 10 heteroatoms. The standard InChI is InChI=1S/C21H21ClN6O2S/c1-13-4-5-15(12-16(13)22)26-21(30)28-10-8-27(9-11-28)20(29)17-14(2)25-19(31-17)18-23-6-3-7-24-18/h3-7,12H,8-11H2,1-2H3,(H,26,30). The molecule has 1 aliphatic heterocycles. The first kappa shape index (κ1) is 21.2. The number of piperazine rings is 1. The van der Waals surface area contributed by atoms with Gasteiger partial charge in [-0.1, -0.05) is 17.7 Å². The molecule has 4 rings (SSSR count). The average Bonchev–Trinajstić information content (AvgIpc) is 3.18. The number of nitrogens with zero attached hydrogens (tertiary/aromatic N) is 5. The maximum absolute atomic E-state index is 13.0. The Labute approximate surface area is 188 Å². The molecular weight excluding hydrogens is 436 g/mol. The summed E-state index contributed by atoms with van der Waals surface area (Å²) in [6.45, 7) is 5.52. The topological polar surface area (TPSA) is 91.3 Å². The van der Waals surface area contributed by atoms with Gasteiger partial charge in [0, 0.05) is 49.3 Å². The summed E-state index contributed by atoms with van der Waals surface area (Å²) in [5.74, 6) is 0.426. The number of hydrogen-bond donors (Lipinski definition) is 1. The highest BCUT2D eigenvalue weighted by molar-refractivity contribution is 7.17. The van der Waals surface area contributed by atoms with Crippen molar-refractivity contribution >= 4 is 40.6 Å². The van der Waals surface area contributed by atoms with Crippen LogP contribution in [-0.4, -0.2) is 62.9 Å². The smallest absolute Gasteiger partial charge is 0.321 e. The monoisotopic (exact) mass is 456 g/mol. The number of urea groups is 1. The van der Waals surface area contributed by atoms with E-state index in [9.17, 15) is 9.59 Å². The Bertz CT molecular complexity index is 1110. The summed E-state index contributed by atoms with van der Waals surface area (Å²) >= 11 is 7.42. The number of amides is 3. The molecule has 1 aromatic carbocycles. The summed E-state index contributed by atoms with van der Waals surface area (Å²) in [4.78, 5) is 42.5. The Morgan fingerprint density at radius 3 is 2.42 bits per heavy atom. The van der Waals surface area contributed by atoms with E-state index >= 15 is 0 Å². The highest BCUT2D eigenvalue weighted by Gasteiger charge is 2.28. The van der Waals surface area contributed by atoms with Crippen LogP contribution in [0.1, 0.15) is 20.9 Å². The largest absolute Gasteiger partial charge is 0.334 e. The van der Waals surface area contributed by atoms with Gasteiger partial charge in [0.2, 0.25) is 0 Å². The lowest BCUT2D eigenvalue weighted by Gasteiger charge is -2.34. The molecule has 1 aliphatic rings. The normalized spacial score (nSPS) is 13.9. The molecule has 3 amide bonds. The first-order valence-electron chi connectivity index (χ1n) is 9.78. The van der Waals surface area contributed by atoms with E-state index in [2.05, 4.69) is 20.3 Å². The molecule has 0 spiro atoms. The first-order valence-corrected chi connectivity index (χ1v) is 11.0. The van der Waals surface area contributed by atoms with Crippen molar-refractivity contribution in [2.24, 2.45) is 0 Å². The van der Waals surface area contributed by atoms with E-state index in [1.54, 1.807) is 34.3 Å². The van der Waals surface area contributed by atoms with Gasteiger partial charge in [0.05, 0.1) is 5.69 Å². The second kappa shape index (κ2) is 8.99. The molecule has 0 saturated carbocycles. The Hall–Kier alpha value is -3.04. The van der Waals surface area contributed by atoms with Gasteiger partial charge in [0.25, 0.3) is 5.91 Å². The maximum atomic E-state index is 13.0. The average molecular weight is 457 g/mol. The SMILES string of the molecule is Cc1ccc(NC(=O)N2CCN(C(=O)c3sc(-c4ncccn4)nc3C)CC2)cc1Cl. The van der Waals surface area contributed by atoms with Crippen LogP contribution >= 0.6 is 22.9 Å². The van der Waals surface area contributed by atoms with Crippen LogP contribution in [0, 0.1) is 13.8 Å². The van der Waals surface area contributed by atoms with Gasteiger partial charge in [-0.05, 0) is 37.6 Å². The zero-order valence-electron chi connectivity index (χ0n) is 17.1. The Balaban J connectivity index is 1.37. The number of rotatable bonds is 3. The van der Waals surface area contributed by atoms with E-state index in [0.29, 0.717) is 58.3 Å². The Morgan fingerprint density at radius 1 is 1.06 bits per heavy atom. The Morgan fingerprint density at radius 2 is 1.74 bits per heavy atom. The summed E-state index contributed by atoms with van der Waals surface area (Å²) in [6, 6.07) is 6.94. The van der Waals surface area contributed by atoms with Crippen molar-refractivity contribution < 1.29 is 9.59 Å². The molecule has 1 fully saturated rings. The zero-order chi connectivity index (χ0) is 22.0. The van der Waals surface area contributed by atoms with Crippen molar-refractivity contribution in [3.05, 3.63) is 57.8 Å². The molecule has 2 aromatic heterocycles. The number of carbonyl (C=O) groups is 2. The van der Waals surface area contributed by atoms with Crippen molar-refractivity contribution in [1.29, 1.82) is 0 Å². The summed E-state index contributed by atoms with van der Waals surface area (Å²) in [7, 11) is 0. The van der Waals surface area contributed by atoms with E-state index < -0.39 is 0 Å². The molecule has 1 N–H and O–H groups in total. The van der Waals surface area contributed by atoms with Crippen molar-refractivity contribution in [1.82, 2.24) is 24.8 Å². The number of thiazole rings is 1. The number of anilines is 1. The Kier molecular flexibility index (Phi) is 6.15. The van der Waals surface area contributed by atoms with Crippen LogP contribution in [0.25, 0.3) is 10.8 Å². The third kappa shape index (κ3) is 4.67. The maximum Gasteiger partial charge on any atom is 0.321 e. The van der Waals surface area contributed by atoms with Crippen molar-refractivity contribution in [2.75, 3.05) is 31.5 Å². The molecule has 0 radical (unpaired) electrons. The number of halogens is 1. The lowest BCUT2D eigenvalue weighted by molar-refractivity contribution is 0.0675. The first-order chi connectivity index (χ1) is 14.9. The van der Waals surface area contributed by atoms with E-state index in [1.807, 2.05) is 26.0 Å².